The van der Waals surface area contributed by atoms with Crippen molar-refractivity contribution in [2.24, 2.45) is 0 Å². The molecule has 1 aromatic heterocycles. The van der Waals surface area contributed by atoms with Crippen LogP contribution in [0.25, 0.3) is 11.0 Å². The van der Waals surface area contributed by atoms with E-state index < -0.39 is 12.6 Å². The molecule has 1 heterocycles. The fourth-order valence-corrected chi connectivity index (χ4v) is 2.79. The average Bonchev–Trinajstić information content (AvgIpc) is 2.66. The van der Waals surface area contributed by atoms with E-state index in [1.165, 1.54) is 0 Å². The van der Waals surface area contributed by atoms with Crippen molar-refractivity contribution in [3.05, 3.63) is 76.6 Å². The minimum atomic E-state index is -0.858. The maximum absolute atomic E-state index is 12.6. The molecule has 6 nitrogen and oxygen atoms in total. The van der Waals surface area contributed by atoms with Crippen LogP contribution in [-0.2, 0) is 9.53 Å². The molecule has 0 bridgehead atoms. The summed E-state index contributed by atoms with van der Waals surface area (Å²) < 4.78 is 10.5. The summed E-state index contributed by atoms with van der Waals surface area (Å²) in [5.74, 6) is -1.46. The zero-order valence-electron chi connectivity index (χ0n) is 15.0. The van der Waals surface area contributed by atoms with Crippen LogP contribution in [0.5, 0.6) is 0 Å². The summed E-state index contributed by atoms with van der Waals surface area (Å²) >= 11 is 0. The maximum Gasteiger partial charge on any atom is 0.374 e. The third-order valence-corrected chi connectivity index (χ3v) is 3.98. The molecule has 0 unspecified atom stereocenters. The van der Waals surface area contributed by atoms with Gasteiger partial charge >= 0.3 is 5.97 Å². The highest BCUT2D eigenvalue weighted by atomic mass is 16.5. The van der Waals surface area contributed by atoms with E-state index in [0.717, 1.165) is 6.07 Å². The number of rotatable bonds is 5. The van der Waals surface area contributed by atoms with Crippen molar-refractivity contribution in [1.82, 2.24) is 0 Å². The summed E-state index contributed by atoms with van der Waals surface area (Å²) in [5, 5.41) is 0.375. The molecule has 0 atom stereocenters. The number of benzene rings is 2. The van der Waals surface area contributed by atoms with E-state index in [9.17, 15) is 14.4 Å². The quantitative estimate of drug-likeness (QED) is 0.648. The third-order valence-electron chi connectivity index (χ3n) is 3.98. The molecule has 0 aliphatic carbocycles. The van der Waals surface area contributed by atoms with Crippen LogP contribution in [0, 0.1) is 0 Å². The van der Waals surface area contributed by atoms with Crippen LogP contribution in [0.15, 0.2) is 69.9 Å². The Labute approximate surface area is 156 Å². The summed E-state index contributed by atoms with van der Waals surface area (Å²) in [6, 6.07) is 16.7. The number of hydrogen-bond acceptors (Lipinski definition) is 5. The number of carbonyl (C=O) groups is 2. The molecular formula is C21H19NO5. The Balaban J connectivity index is 1.75. The predicted molar refractivity (Wildman–Crippen MR) is 102 cm³/mol. The molecule has 0 spiro atoms. The molecule has 1 amide bonds. The lowest BCUT2D eigenvalue weighted by atomic mass is 10.2. The summed E-state index contributed by atoms with van der Waals surface area (Å²) in [6.07, 6.45) is 0. The van der Waals surface area contributed by atoms with Gasteiger partial charge in [-0.05, 0) is 38.1 Å². The molecule has 3 rings (SSSR count). The van der Waals surface area contributed by atoms with Crippen LogP contribution < -0.4 is 10.3 Å². The first-order valence-corrected chi connectivity index (χ1v) is 8.54. The molecule has 138 valence electrons. The lowest BCUT2D eigenvalue weighted by molar-refractivity contribution is -0.122. The molecule has 0 aliphatic rings. The van der Waals surface area contributed by atoms with Gasteiger partial charge in [-0.3, -0.25) is 9.59 Å². The van der Waals surface area contributed by atoms with Gasteiger partial charge in [-0.25, -0.2) is 4.79 Å². The number of anilines is 1. The number of ether oxygens (including phenoxy) is 1. The Morgan fingerprint density at radius 3 is 2.41 bits per heavy atom. The summed E-state index contributed by atoms with van der Waals surface area (Å²) in [4.78, 5) is 38.4. The van der Waals surface area contributed by atoms with Crippen LogP contribution in [0.2, 0.25) is 0 Å². The summed E-state index contributed by atoms with van der Waals surface area (Å²) in [5.41, 5.74) is 0.658. The second kappa shape index (κ2) is 7.86. The van der Waals surface area contributed by atoms with Gasteiger partial charge in [-0.1, -0.05) is 30.3 Å². The van der Waals surface area contributed by atoms with Crippen molar-refractivity contribution in [3.8, 4) is 0 Å². The lowest BCUT2D eigenvalue weighted by Crippen LogP contribution is -2.39. The number of esters is 1. The maximum atomic E-state index is 12.6. The van der Waals surface area contributed by atoms with Crippen molar-refractivity contribution in [1.29, 1.82) is 0 Å². The smallest absolute Gasteiger partial charge is 0.374 e. The van der Waals surface area contributed by atoms with Crippen molar-refractivity contribution < 1.29 is 18.7 Å². The van der Waals surface area contributed by atoms with Gasteiger partial charge in [0.15, 0.2) is 12.0 Å². The van der Waals surface area contributed by atoms with E-state index in [1.807, 2.05) is 44.2 Å². The molecule has 0 saturated carbocycles. The first-order valence-electron chi connectivity index (χ1n) is 8.54. The monoisotopic (exact) mass is 365 g/mol. The van der Waals surface area contributed by atoms with Gasteiger partial charge in [0.05, 0.1) is 5.39 Å². The van der Waals surface area contributed by atoms with Gasteiger partial charge in [0.25, 0.3) is 5.91 Å². The van der Waals surface area contributed by atoms with Gasteiger partial charge in [0, 0.05) is 17.8 Å². The number of carbonyl (C=O) groups excluding carboxylic acids is 2. The highest BCUT2D eigenvalue weighted by molar-refractivity contribution is 5.97. The molecule has 0 radical (unpaired) electrons. The van der Waals surface area contributed by atoms with Crippen LogP contribution in [0.4, 0.5) is 5.69 Å². The van der Waals surface area contributed by atoms with Gasteiger partial charge in [0.2, 0.25) is 5.76 Å². The molecule has 3 aromatic rings. The second-order valence-corrected chi connectivity index (χ2v) is 6.24. The standard InChI is InChI=1S/C21H19NO5/c1-14(2)22(15-8-4-3-5-9-15)20(24)13-26-21(25)19-12-17(23)16-10-6-7-11-18(16)27-19/h3-12,14H,13H2,1-2H3. The van der Waals surface area contributed by atoms with E-state index in [4.69, 9.17) is 9.15 Å². The number of para-hydroxylation sites is 2. The molecule has 2 aromatic carbocycles. The van der Waals surface area contributed by atoms with E-state index in [-0.39, 0.29) is 28.7 Å². The van der Waals surface area contributed by atoms with Crippen LogP contribution in [-0.4, -0.2) is 24.5 Å². The topological polar surface area (TPSA) is 76.8 Å². The van der Waals surface area contributed by atoms with Gasteiger partial charge in [-0.2, -0.15) is 0 Å². The number of hydrogen-bond donors (Lipinski definition) is 0. The SMILES string of the molecule is CC(C)N(C(=O)COC(=O)c1cc(=O)c2ccccc2o1)c1ccccc1. The number of nitrogens with zero attached hydrogens (tertiary/aromatic N) is 1. The molecule has 27 heavy (non-hydrogen) atoms. The molecule has 6 heteroatoms. The van der Waals surface area contributed by atoms with Crippen molar-refractivity contribution in [2.45, 2.75) is 19.9 Å². The van der Waals surface area contributed by atoms with Gasteiger partial charge in [0.1, 0.15) is 5.58 Å². The second-order valence-electron chi connectivity index (χ2n) is 6.24. The minimum Gasteiger partial charge on any atom is -0.450 e. The van der Waals surface area contributed by atoms with Crippen molar-refractivity contribution in [2.75, 3.05) is 11.5 Å². The Kier molecular flexibility index (Phi) is 5.35. The lowest BCUT2D eigenvalue weighted by Gasteiger charge is -2.26. The molecular weight excluding hydrogens is 346 g/mol. The number of amides is 1. The Bertz CT molecular complexity index is 1020. The van der Waals surface area contributed by atoms with Crippen LogP contribution >= 0.6 is 0 Å². The number of fused-ring (bicyclic) bond motifs is 1. The van der Waals surface area contributed by atoms with E-state index in [1.54, 1.807) is 29.2 Å². The van der Waals surface area contributed by atoms with E-state index >= 15 is 0 Å². The first kappa shape index (κ1) is 18.4. The van der Waals surface area contributed by atoms with Gasteiger partial charge in [-0.15, -0.1) is 0 Å². The van der Waals surface area contributed by atoms with Crippen LogP contribution in [0.3, 0.4) is 0 Å². The minimum absolute atomic E-state index is 0.114. The Morgan fingerprint density at radius 1 is 1.04 bits per heavy atom. The summed E-state index contributed by atoms with van der Waals surface area (Å²) in [7, 11) is 0. The molecule has 0 aliphatic heterocycles. The fourth-order valence-electron chi connectivity index (χ4n) is 2.79. The third kappa shape index (κ3) is 4.06. The van der Waals surface area contributed by atoms with Crippen molar-refractivity contribution >= 4 is 28.5 Å². The Morgan fingerprint density at radius 2 is 1.70 bits per heavy atom. The van der Waals surface area contributed by atoms with Gasteiger partial charge < -0.3 is 14.1 Å². The fraction of sp³-hybridized carbons (Fsp3) is 0.190. The highest BCUT2D eigenvalue weighted by Gasteiger charge is 2.22. The largest absolute Gasteiger partial charge is 0.450 e. The zero-order chi connectivity index (χ0) is 19.4. The average molecular weight is 365 g/mol. The summed E-state index contributed by atoms with van der Waals surface area (Å²) in [6.45, 7) is 3.28. The highest BCUT2D eigenvalue weighted by Crippen LogP contribution is 2.17. The Hall–Kier alpha value is -3.41. The zero-order valence-corrected chi connectivity index (χ0v) is 15.0. The molecule has 0 N–H and O–H groups in total. The van der Waals surface area contributed by atoms with Crippen LogP contribution in [0.1, 0.15) is 24.4 Å². The predicted octanol–water partition coefficient (Wildman–Crippen LogP) is 3.39. The molecule has 0 fully saturated rings. The first-order chi connectivity index (χ1) is 13.0. The normalized spacial score (nSPS) is 10.8. The van der Waals surface area contributed by atoms with E-state index in [0.29, 0.717) is 11.1 Å². The van der Waals surface area contributed by atoms with E-state index in [2.05, 4.69) is 0 Å². The molecule has 0 saturated heterocycles. The van der Waals surface area contributed by atoms with Crippen molar-refractivity contribution in [3.63, 3.8) is 0 Å².